The summed E-state index contributed by atoms with van der Waals surface area (Å²) in [5.74, 6) is 0. The number of anilines is 1. The second-order valence-electron chi connectivity index (χ2n) is 6.16. The topological polar surface area (TPSA) is 92.5 Å². The third kappa shape index (κ3) is 3.11. The SMILES string of the molecule is C[C@@H]1C[C@@H](Nc2sc(S(C)(=O)=O)cc2[N+](=O)[O-])CN1C1CC1. The zero-order valence-electron chi connectivity index (χ0n) is 12.5. The molecule has 1 N–H and O–H groups in total. The summed E-state index contributed by atoms with van der Waals surface area (Å²) in [5, 5.41) is 14.7. The van der Waals surface area contributed by atoms with E-state index in [4.69, 9.17) is 0 Å². The summed E-state index contributed by atoms with van der Waals surface area (Å²) in [6.45, 7) is 3.03. The Labute approximate surface area is 133 Å². The van der Waals surface area contributed by atoms with Crippen LogP contribution in [-0.2, 0) is 9.84 Å². The predicted octanol–water partition coefficient (Wildman–Crippen LogP) is 2.10. The monoisotopic (exact) mass is 345 g/mol. The van der Waals surface area contributed by atoms with Gasteiger partial charge in [-0.25, -0.2) is 8.42 Å². The van der Waals surface area contributed by atoms with Crippen LogP contribution in [0.15, 0.2) is 10.3 Å². The summed E-state index contributed by atoms with van der Waals surface area (Å²) in [5.41, 5.74) is -0.150. The maximum Gasteiger partial charge on any atom is 0.304 e. The van der Waals surface area contributed by atoms with Crippen molar-refractivity contribution in [1.82, 2.24) is 4.90 Å². The Balaban J connectivity index is 1.80. The molecule has 22 heavy (non-hydrogen) atoms. The maximum atomic E-state index is 11.6. The van der Waals surface area contributed by atoms with E-state index in [2.05, 4.69) is 17.1 Å². The molecular weight excluding hydrogens is 326 g/mol. The van der Waals surface area contributed by atoms with Gasteiger partial charge in [0, 0.05) is 37.0 Å². The quantitative estimate of drug-likeness (QED) is 0.649. The third-order valence-electron chi connectivity index (χ3n) is 4.23. The van der Waals surface area contributed by atoms with Crippen LogP contribution >= 0.6 is 11.3 Å². The molecule has 1 aliphatic carbocycles. The zero-order chi connectivity index (χ0) is 16.1. The fourth-order valence-electron chi connectivity index (χ4n) is 3.04. The molecule has 2 fully saturated rings. The highest BCUT2D eigenvalue weighted by atomic mass is 32.2. The molecule has 0 bridgehead atoms. The first-order valence-corrected chi connectivity index (χ1v) is 9.97. The summed E-state index contributed by atoms with van der Waals surface area (Å²) >= 11 is 0.949. The van der Waals surface area contributed by atoms with Gasteiger partial charge in [-0.2, -0.15) is 0 Å². The van der Waals surface area contributed by atoms with Crippen molar-refractivity contribution in [3.05, 3.63) is 16.2 Å². The first-order chi connectivity index (χ1) is 10.3. The smallest absolute Gasteiger partial charge is 0.304 e. The Bertz CT molecular complexity index is 696. The zero-order valence-corrected chi connectivity index (χ0v) is 14.1. The highest BCUT2D eigenvalue weighted by Gasteiger charge is 2.39. The average Bonchev–Trinajstić information content (AvgIpc) is 3.03. The molecule has 3 rings (SSSR count). The standard InChI is InChI=1S/C13H19N3O4S2/c1-8-5-9(7-15(8)10-3-4-10)14-13-11(16(17)18)6-12(21-13)22(2,19)20/h6,8-10,14H,3-5,7H2,1-2H3/t8-,9-/m1/s1. The summed E-state index contributed by atoms with van der Waals surface area (Å²) in [6.07, 6.45) is 4.45. The Hall–Kier alpha value is -1.19. The van der Waals surface area contributed by atoms with Gasteiger partial charge in [-0.05, 0) is 26.2 Å². The molecule has 1 aromatic heterocycles. The minimum absolute atomic E-state index is 0.0341. The van der Waals surface area contributed by atoms with Crippen LogP contribution in [0.2, 0.25) is 0 Å². The van der Waals surface area contributed by atoms with Crippen molar-refractivity contribution in [3.63, 3.8) is 0 Å². The number of hydrogen-bond donors (Lipinski definition) is 1. The molecule has 2 atom stereocenters. The fraction of sp³-hybridized carbons (Fsp3) is 0.692. The Morgan fingerprint density at radius 2 is 2.14 bits per heavy atom. The van der Waals surface area contributed by atoms with Crippen molar-refractivity contribution < 1.29 is 13.3 Å². The Morgan fingerprint density at radius 3 is 2.68 bits per heavy atom. The summed E-state index contributed by atoms with van der Waals surface area (Å²) < 4.78 is 23.3. The summed E-state index contributed by atoms with van der Waals surface area (Å²) in [7, 11) is -3.43. The van der Waals surface area contributed by atoms with Gasteiger partial charge in [0.15, 0.2) is 14.8 Å². The molecule has 1 saturated carbocycles. The summed E-state index contributed by atoms with van der Waals surface area (Å²) in [4.78, 5) is 13.1. The average molecular weight is 345 g/mol. The minimum Gasteiger partial charge on any atom is -0.367 e. The van der Waals surface area contributed by atoms with E-state index in [1.54, 1.807) is 0 Å². The molecule has 7 nitrogen and oxygen atoms in total. The number of nitro groups is 1. The Morgan fingerprint density at radius 1 is 1.45 bits per heavy atom. The molecule has 0 unspecified atom stereocenters. The predicted molar refractivity (Wildman–Crippen MR) is 85.3 cm³/mol. The lowest BCUT2D eigenvalue weighted by Crippen LogP contribution is -2.30. The van der Waals surface area contributed by atoms with E-state index < -0.39 is 14.8 Å². The lowest BCUT2D eigenvalue weighted by atomic mass is 10.2. The number of sulfone groups is 1. The van der Waals surface area contributed by atoms with E-state index in [0.29, 0.717) is 17.1 Å². The maximum absolute atomic E-state index is 11.6. The van der Waals surface area contributed by atoms with Gasteiger partial charge in [0.25, 0.3) is 0 Å². The van der Waals surface area contributed by atoms with Crippen LogP contribution in [-0.4, -0.2) is 49.2 Å². The number of thiophene rings is 1. The van der Waals surface area contributed by atoms with Crippen molar-refractivity contribution in [2.75, 3.05) is 18.1 Å². The van der Waals surface area contributed by atoms with E-state index >= 15 is 0 Å². The minimum atomic E-state index is -3.43. The van der Waals surface area contributed by atoms with Gasteiger partial charge >= 0.3 is 5.69 Å². The lowest BCUT2D eigenvalue weighted by molar-refractivity contribution is -0.383. The van der Waals surface area contributed by atoms with Gasteiger partial charge in [-0.3, -0.25) is 15.0 Å². The second kappa shape index (κ2) is 5.47. The van der Waals surface area contributed by atoms with Crippen molar-refractivity contribution in [2.45, 2.75) is 48.5 Å². The normalized spacial score (nSPS) is 26.3. The van der Waals surface area contributed by atoms with Crippen LogP contribution in [0.1, 0.15) is 26.2 Å². The highest BCUT2D eigenvalue weighted by Crippen LogP contribution is 2.39. The number of nitrogens with zero attached hydrogens (tertiary/aromatic N) is 2. The Kier molecular flexibility index (Phi) is 3.90. The van der Waals surface area contributed by atoms with Crippen molar-refractivity contribution in [3.8, 4) is 0 Å². The van der Waals surface area contributed by atoms with Crippen LogP contribution in [0.25, 0.3) is 0 Å². The molecule has 1 saturated heterocycles. The van der Waals surface area contributed by atoms with E-state index in [0.717, 1.165) is 36.6 Å². The van der Waals surface area contributed by atoms with Crippen LogP contribution in [0, 0.1) is 10.1 Å². The van der Waals surface area contributed by atoms with E-state index in [9.17, 15) is 18.5 Å². The molecule has 0 aromatic carbocycles. The molecule has 1 aliphatic heterocycles. The summed E-state index contributed by atoms with van der Waals surface area (Å²) in [6, 6.07) is 2.39. The molecule has 122 valence electrons. The molecule has 0 spiro atoms. The highest BCUT2D eigenvalue weighted by molar-refractivity contribution is 7.92. The molecular formula is C13H19N3O4S2. The van der Waals surface area contributed by atoms with Crippen molar-refractivity contribution >= 4 is 31.9 Å². The van der Waals surface area contributed by atoms with Crippen LogP contribution in [0.3, 0.4) is 0 Å². The van der Waals surface area contributed by atoms with Gasteiger partial charge in [0.2, 0.25) is 0 Å². The van der Waals surface area contributed by atoms with Crippen LogP contribution in [0.5, 0.6) is 0 Å². The van der Waals surface area contributed by atoms with E-state index in [-0.39, 0.29) is 15.9 Å². The van der Waals surface area contributed by atoms with E-state index in [1.165, 1.54) is 12.8 Å². The van der Waals surface area contributed by atoms with Gasteiger partial charge in [0.05, 0.1) is 4.92 Å². The number of likely N-dealkylation sites (tertiary alicyclic amines) is 1. The molecule has 0 radical (unpaired) electrons. The van der Waals surface area contributed by atoms with Crippen LogP contribution in [0.4, 0.5) is 10.7 Å². The van der Waals surface area contributed by atoms with Crippen molar-refractivity contribution in [1.29, 1.82) is 0 Å². The molecule has 2 aliphatic rings. The first kappa shape index (κ1) is 15.7. The number of rotatable bonds is 5. The van der Waals surface area contributed by atoms with E-state index in [1.807, 2.05) is 0 Å². The van der Waals surface area contributed by atoms with Gasteiger partial charge in [-0.15, -0.1) is 0 Å². The number of nitrogens with one attached hydrogen (secondary N) is 1. The lowest BCUT2D eigenvalue weighted by Gasteiger charge is -2.19. The molecule has 9 heteroatoms. The fourth-order valence-corrected chi connectivity index (χ4v) is 5.06. The van der Waals surface area contributed by atoms with Crippen LogP contribution < -0.4 is 5.32 Å². The molecule has 0 amide bonds. The van der Waals surface area contributed by atoms with Gasteiger partial charge in [0.1, 0.15) is 4.21 Å². The molecule has 1 aromatic rings. The number of hydrogen-bond acceptors (Lipinski definition) is 7. The molecule has 2 heterocycles. The largest absolute Gasteiger partial charge is 0.367 e. The first-order valence-electron chi connectivity index (χ1n) is 7.26. The van der Waals surface area contributed by atoms with Gasteiger partial charge in [-0.1, -0.05) is 11.3 Å². The second-order valence-corrected chi connectivity index (χ2v) is 9.46. The third-order valence-corrected chi connectivity index (χ3v) is 7.08. The van der Waals surface area contributed by atoms with Gasteiger partial charge < -0.3 is 5.32 Å². The van der Waals surface area contributed by atoms with Crippen molar-refractivity contribution in [2.24, 2.45) is 0 Å².